The van der Waals surface area contributed by atoms with E-state index in [4.69, 9.17) is 5.11 Å². The quantitative estimate of drug-likeness (QED) is 0.701. The number of aliphatic carboxylic acids is 1. The van der Waals surface area contributed by atoms with Crippen LogP contribution in [-0.4, -0.2) is 33.6 Å². The van der Waals surface area contributed by atoms with Gasteiger partial charge in [-0.2, -0.15) is 0 Å². The Labute approximate surface area is 113 Å². The summed E-state index contributed by atoms with van der Waals surface area (Å²) in [5.74, 6) is 0.516. The maximum absolute atomic E-state index is 11.0. The fraction of sp³-hybridized carbons (Fsp3) is 0.615. The maximum Gasteiger partial charge on any atom is 0.310 e. The highest BCUT2D eigenvalue weighted by Gasteiger charge is 2.26. The van der Waals surface area contributed by atoms with Crippen molar-refractivity contribution in [2.24, 2.45) is 5.41 Å². The Kier molecular flexibility index (Phi) is 5.09. The van der Waals surface area contributed by atoms with Gasteiger partial charge in [0.15, 0.2) is 0 Å². The van der Waals surface area contributed by atoms with Crippen LogP contribution in [0.15, 0.2) is 12.4 Å². The second-order valence-corrected chi connectivity index (χ2v) is 5.28. The zero-order valence-electron chi connectivity index (χ0n) is 11.9. The van der Waals surface area contributed by atoms with Crippen molar-refractivity contribution in [1.82, 2.24) is 9.97 Å². The van der Waals surface area contributed by atoms with Crippen molar-refractivity contribution in [3.63, 3.8) is 0 Å². The van der Waals surface area contributed by atoms with Gasteiger partial charge in [-0.05, 0) is 27.2 Å². The van der Waals surface area contributed by atoms with Crippen LogP contribution in [0.25, 0.3) is 0 Å². The van der Waals surface area contributed by atoms with Crippen molar-refractivity contribution in [3.05, 3.63) is 12.4 Å². The second-order valence-electron chi connectivity index (χ2n) is 5.28. The van der Waals surface area contributed by atoms with Crippen LogP contribution in [0.2, 0.25) is 0 Å². The van der Waals surface area contributed by atoms with E-state index in [0.717, 1.165) is 12.2 Å². The molecule has 1 unspecified atom stereocenters. The summed E-state index contributed by atoms with van der Waals surface area (Å²) in [5.41, 5.74) is -0.838. The molecular formula is C13H22N4O2. The van der Waals surface area contributed by atoms with Crippen LogP contribution in [0.1, 0.15) is 34.1 Å². The lowest BCUT2D eigenvalue weighted by atomic mass is 9.94. The van der Waals surface area contributed by atoms with Crippen molar-refractivity contribution in [3.8, 4) is 0 Å². The van der Waals surface area contributed by atoms with Gasteiger partial charge in [0, 0.05) is 18.7 Å². The van der Waals surface area contributed by atoms with Gasteiger partial charge in [-0.15, -0.1) is 0 Å². The van der Waals surface area contributed by atoms with E-state index in [1.165, 1.54) is 6.33 Å². The molecule has 19 heavy (non-hydrogen) atoms. The molecule has 1 heterocycles. The number of aromatic nitrogens is 2. The predicted octanol–water partition coefficient (Wildman–Crippen LogP) is 2.21. The van der Waals surface area contributed by atoms with E-state index >= 15 is 0 Å². The zero-order valence-corrected chi connectivity index (χ0v) is 11.9. The smallest absolute Gasteiger partial charge is 0.310 e. The first-order valence-corrected chi connectivity index (χ1v) is 6.41. The molecule has 0 aliphatic heterocycles. The van der Waals surface area contributed by atoms with Crippen molar-refractivity contribution in [2.75, 3.05) is 17.2 Å². The van der Waals surface area contributed by atoms with E-state index in [1.807, 2.05) is 0 Å². The normalized spacial score (nSPS) is 12.8. The number of nitrogens with zero attached hydrogens (tertiary/aromatic N) is 2. The summed E-state index contributed by atoms with van der Waals surface area (Å²) in [6.07, 6.45) is 2.46. The van der Waals surface area contributed by atoms with Crippen LogP contribution in [0, 0.1) is 5.41 Å². The van der Waals surface area contributed by atoms with Gasteiger partial charge in [-0.3, -0.25) is 4.79 Å². The fourth-order valence-electron chi connectivity index (χ4n) is 1.27. The highest BCUT2D eigenvalue weighted by molar-refractivity contribution is 5.74. The number of carbonyl (C=O) groups is 1. The summed E-state index contributed by atoms with van der Waals surface area (Å²) in [7, 11) is 0. The third-order valence-electron chi connectivity index (χ3n) is 2.96. The van der Waals surface area contributed by atoms with E-state index in [9.17, 15) is 4.79 Å². The molecule has 1 rings (SSSR count). The number of rotatable bonds is 7. The molecule has 1 aromatic heterocycles. The standard InChI is InChI=1S/C13H22N4O2/c1-5-9(2)17-11-6-10(15-8-16-11)14-7-13(3,4)12(18)19/h6,8-9H,5,7H2,1-4H3,(H,18,19)(H2,14,15,16,17). The largest absolute Gasteiger partial charge is 0.481 e. The second kappa shape index (κ2) is 6.36. The molecule has 0 spiro atoms. The zero-order chi connectivity index (χ0) is 14.5. The number of hydrogen-bond donors (Lipinski definition) is 3. The predicted molar refractivity (Wildman–Crippen MR) is 75.3 cm³/mol. The Morgan fingerprint density at radius 3 is 2.63 bits per heavy atom. The molecule has 106 valence electrons. The third-order valence-corrected chi connectivity index (χ3v) is 2.96. The highest BCUT2D eigenvalue weighted by atomic mass is 16.4. The summed E-state index contributed by atoms with van der Waals surface area (Å²) in [6.45, 7) is 7.81. The van der Waals surface area contributed by atoms with Crippen molar-refractivity contribution >= 4 is 17.6 Å². The van der Waals surface area contributed by atoms with Gasteiger partial charge in [0.1, 0.15) is 18.0 Å². The molecule has 0 bridgehead atoms. The van der Waals surface area contributed by atoms with Crippen LogP contribution in [-0.2, 0) is 4.79 Å². The lowest BCUT2D eigenvalue weighted by molar-refractivity contribution is -0.146. The first kappa shape index (κ1) is 15.2. The minimum atomic E-state index is -0.841. The first-order chi connectivity index (χ1) is 8.85. The van der Waals surface area contributed by atoms with E-state index in [2.05, 4.69) is 34.4 Å². The number of carboxylic acid groups (broad SMARTS) is 1. The maximum atomic E-state index is 11.0. The Balaban J connectivity index is 2.65. The first-order valence-electron chi connectivity index (χ1n) is 6.41. The van der Waals surface area contributed by atoms with Crippen LogP contribution < -0.4 is 10.6 Å². The van der Waals surface area contributed by atoms with E-state index in [-0.39, 0.29) is 0 Å². The SMILES string of the molecule is CCC(C)Nc1cc(NCC(C)(C)C(=O)O)ncn1. The Morgan fingerprint density at radius 2 is 2.05 bits per heavy atom. The van der Waals surface area contributed by atoms with Gasteiger partial charge in [0.05, 0.1) is 5.41 Å². The summed E-state index contributed by atoms with van der Waals surface area (Å²) < 4.78 is 0. The van der Waals surface area contributed by atoms with Crippen LogP contribution in [0.4, 0.5) is 11.6 Å². The molecular weight excluding hydrogens is 244 g/mol. The summed E-state index contributed by atoms with van der Waals surface area (Å²) in [6, 6.07) is 2.11. The summed E-state index contributed by atoms with van der Waals surface area (Å²) in [4.78, 5) is 19.2. The van der Waals surface area contributed by atoms with Gasteiger partial charge in [-0.25, -0.2) is 9.97 Å². The average Bonchev–Trinajstić information content (AvgIpc) is 2.36. The number of hydrogen-bond acceptors (Lipinski definition) is 5. The minimum Gasteiger partial charge on any atom is -0.481 e. The molecule has 0 saturated carbocycles. The third kappa shape index (κ3) is 4.73. The lowest BCUT2D eigenvalue weighted by Gasteiger charge is -2.20. The molecule has 0 aliphatic carbocycles. The van der Waals surface area contributed by atoms with Crippen LogP contribution in [0.3, 0.4) is 0 Å². The summed E-state index contributed by atoms with van der Waals surface area (Å²) in [5, 5.41) is 15.3. The molecule has 3 N–H and O–H groups in total. The molecule has 0 aromatic carbocycles. The summed E-state index contributed by atoms with van der Waals surface area (Å²) >= 11 is 0. The van der Waals surface area contributed by atoms with Gasteiger partial charge in [0.2, 0.25) is 0 Å². The van der Waals surface area contributed by atoms with Crippen molar-refractivity contribution < 1.29 is 9.90 Å². The van der Waals surface area contributed by atoms with Crippen LogP contribution in [0.5, 0.6) is 0 Å². The van der Waals surface area contributed by atoms with Crippen molar-refractivity contribution in [1.29, 1.82) is 0 Å². The van der Waals surface area contributed by atoms with Gasteiger partial charge >= 0.3 is 5.97 Å². The van der Waals surface area contributed by atoms with Crippen molar-refractivity contribution in [2.45, 2.75) is 40.2 Å². The molecule has 6 nitrogen and oxygen atoms in total. The van der Waals surface area contributed by atoms with Gasteiger partial charge in [0.25, 0.3) is 0 Å². The average molecular weight is 266 g/mol. The number of anilines is 2. The van der Waals surface area contributed by atoms with E-state index in [0.29, 0.717) is 18.4 Å². The van der Waals surface area contributed by atoms with E-state index < -0.39 is 11.4 Å². The molecule has 1 aromatic rings. The molecule has 1 atom stereocenters. The molecule has 0 fully saturated rings. The molecule has 6 heteroatoms. The van der Waals surface area contributed by atoms with Crippen LogP contribution >= 0.6 is 0 Å². The fourth-order valence-corrected chi connectivity index (χ4v) is 1.27. The van der Waals surface area contributed by atoms with E-state index in [1.54, 1.807) is 19.9 Å². The van der Waals surface area contributed by atoms with Gasteiger partial charge < -0.3 is 15.7 Å². The Hall–Kier alpha value is -1.85. The Bertz CT molecular complexity index is 434. The molecule has 0 saturated heterocycles. The highest BCUT2D eigenvalue weighted by Crippen LogP contribution is 2.17. The topological polar surface area (TPSA) is 87.1 Å². The number of carboxylic acids is 1. The van der Waals surface area contributed by atoms with Gasteiger partial charge in [-0.1, -0.05) is 6.92 Å². The molecule has 0 amide bonds. The Morgan fingerprint density at radius 1 is 1.42 bits per heavy atom. The monoisotopic (exact) mass is 266 g/mol. The minimum absolute atomic E-state index is 0.308. The molecule has 0 radical (unpaired) electrons. The lowest BCUT2D eigenvalue weighted by Crippen LogP contribution is -2.32. The number of nitrogens with one attached hydrogen (secondary N) is 2. The molecule has 0 aliphatic rings.